The standard InChI is InChI=1S/C23H25BrN2O3S/c1-16(2)29-12-6-11-25-22(27)15-26-19-9-3-4-10-20(19)30-21(23(26)28)14-17-7-5-8-18(24)13-17/h3-5,7-10,13-14,16H,6,11-12,15H2,1-2H3,(H,25,27)/b21-14+. The van der Waals surface area contributed by atoms with Gasteiger partial charge in [-0.3, -0.25) is 14.5 Å². The molecule has 0 atom stereocenters. The summed E-state index contributed by atoms with van der Waals surface area (Å²) >= 11 is 4.89. The van der Waals surface area contributed by atoms with E-state index in [4.69, 9.17) is 4.74 Å². The summed E-state index contributed by atoms with van der Waals surface area (Å²) in [6.45, 7) is 5.06. The van der Waals surface area contributed by atoms with Gasteiger partial charge in [-0.1, -0.05) is 52.0 Å². The average Bonchev–Trinajstić information content (AvgIpc) is 2.70. The summed E-state index contributed by atoms with van der Waals surface area (Å²) in [5.41, 5.74) is 1.69. The number of rotatable bonds is 8. The fourth-order valence-electron chi connectivity index (χ4n) is 2.99. The molecule has 0 spiro atoms. The number of thioether (sulfide) groups is 1. The zero-order valence-electron chi connectivity index (χ0n) is 17.1. The fraction of sp³-hybridized carbons (Fsp3) is 0.304. The molecule has 0 saturated heterocycles. The summed E-state index contributed by atoms with van der Waals surface area (Å²) in [6.07, 6.45) is 2.77. The van der Waals surface area contributed by atoms with Crippen LogP contribution in [0.3, 0.4) is 0 Å². The number of anilines is 1. The van der Waals surface area contributed by atoms with Crippen LogP contribution < -0.4 is 10.2 Å². The zero-order chi connectivity index (χ0) is 21.5. The molecule has 0 radical (unpaired) electrons. The Morgan fingerprint density at radius 2 is 2.03 bits per heavy atom. The largest absolute Gasteiger partial charge is 0.379 e. The molecule has 1 heterocycles. The molecule has 0 unspecified atom stereocenters. The number of nitrogens with one attached hydrogen (secondary N) is 1. The Balaban J connectivity index is 1.72. The Hall–Kier alpha value is -2.09. The van der Waals surface area contributed by atoms with E-state index in [9.17, 15) is 9.59 Å². The Labute approximate surface area is 190 Å². The molecule has 30 heavy (non-hydrogen) atoms. The van der Waals surface area contributed by atoms with Gasteiger partial charge in [0.05, 0.1) is 16.7 Å². The van der Waals surface area contributed by atoms with Crippen molar-refractivity contribution in [2.24, 2.45) is 0 Å². The quantitative estimate of drug-likeness (QED) is 0.425. The number of ether oxygens (including phenoxy) is 1. The topological polar surface area (TPSA) is 58.6 Å². The van der Waals surface area contributed by atoms with Gasteiger partial charge in [0.15, 0.2) is 0 Å². The van der Waals surface area contributed by atoms with Crippen LogP contribution in [-0.4, -0.2) is 37.6 Å². The molecule has 5 nitrogen and oxygen atoms in total. The number of para-hydroxylation sites is 1. The number of hydrogen-bond acceptors (Lipinski definition) is 4. The zero-order valence-corrected chi connectivity index (χ0v) is 19.5. The molecule has 0 bridgehead atoms. The van der Waals surface area contributed by atoms with Crippen molar-refractivity contribution in [1.29, 1.82) is 0 Å². The molecule has 158 valence electrons. The van der Waals surface area contributed by atoms with Crippen LogP contribution in [0.5, 0.6) is 0 Å². The van der Waals surface area contributed by atoms with E-state index in [0.29, 0.717) is 18.1 Å². The smallest absolute Gasteiger partial charge is 0.265 e. The summed E-state index contributed by atoms with van der Waals surface area (Å²) in [4.78, 5) is 28.8. The Morgan fingerprint density at radius 1 is 1.23 bits per heavy atom. The maximum atomic E-state index is 13.2. The van der Waals surface area contributed by atoms with Crippen molar-refractivity contribution < 1.29 is 14.3 Å². The van der Waals surface area contributed by atoms with Crippen LogP contribution in [0.1, 0.15) is 25.8 Å². The van der Waals surface area contributed by atoms with E-state index in [1.807, 2.05) is 68.5 Å². The minimum Gasteiger partial charge on any atom is -0.379 e. The second kappa shape index (κ2) is 10.8. The molecule has 7 heteroatoms. The highest BCUT2D eigenvalue weighted by Gasteiger charge is 2.30. The Morgan fingerprint density at radius 3 is 2.80 bits per heavy atom. The number of carbonyl (C=O) groups is 2. The van der Waals surface area contributed by atoms with Gasteiger partial charge in [0, 0.05) is 22.5 Å². The van der Waals surface area contributed by atoms with Gasteiger partial charge in [0.2, 0.25) is 5.91 Å². The van der Waals surface area contributed by atoms with Crippen molar-refractivity contribution >= 4 is 51.3 Å². The fourth-order valence-corrected chi connectivity index (χ4v) is 4.46. The van der Waals surface area contributed by atoms with E-state index in [1.165, 1.54) is 11.8 Å². The first-order chi connectivity index (χ1) is 14.4. The van der Waals surface area contributed by atoms with E-state index in [0.717, 1.165) is 27.0 Å². The molecule has 3 rings (SSSR count). The van der Waals surface area contributed by atoms with E-state index in [2.05, 4.69) is 21.2 Å². The second-order valence-electron chi connectivity index (χ2n) is 7.15. The predicted molar refractivity (Wildman–Crippen MR) is 125 cm³/mol. The van der Waals surface area contributed by atoms with Crippen molar-refractivity contribution in [3.05, 3.63) is 63.5 Å². The lowest BCUT2D eigenvalue weighted by Gasteiger charge is -2.29. The SMILES string of the molecule is CC(C)OCCCNC(=O)CN1C(=O)/C(=C\c2cccc(Br)c2)Sc2ccccc21. The van der Waals surface area contributed by atoms with Crippen LogP contribution in [0, 0.1) is 0 Å². The normalized spacial score (nSPS) is 14.9. The highest BCUT2D eigenvalue weighted by Crippen LogP contribution is 2.41. The summed E-state index contributed by atoms with van der Waals surface area (Å²) in [7, 11) is 0. The van der Waals surface area contributed by atoms with Crippen molar-refractivity contribution in [3.8, 4) is 0 Å². The van der Waals surface area contributed by atoms with E-state index < -0.39 is 0 Å². The van der Waals surface area contributed by atoms with Gasteiger partial charge in [-0.15, -0.1) is 0 Å². The molecule has 2 aromatic carbocycles. The lowest BCUT2D eigenvalue weighted by molar-refractivity contribution is -0.122. The first-order valence-corrected chi connectivity index (χ1v) is 11.5. The highest BCUT2D eigenvalue weighted by atomic mass is 79.9. The van der Waals surface area contributed by atoms with E-state index in [1.54, 1.807) is 4.90 Å². The monoisotopic (exact) mass is 488 g/mol. The van der Waals surface area contributed by atoms with Crippen LogP contribution in [0.4, 0.5) is 5.69 Å². The van der Waals surface area contributed by atoms with Gasteiger partial charge in [0.1, 0.15) is 6.54 Å². The third-order valence-corrected chi connectivity index (χ3v) is 5.95. The number of benzene rings is 2. The minimum atomic E-state index is -0.184. The first kappa shape index (κ1) is 22.6. The summed E-state index contributed by atoms with van der Waals surface area (Å²) in [6, 6.07) is 15.4. The minimum absolute atomic E-state index is 0.0166. The van der Waals surface area contributed by atoms with Crippen LogP contribution in [0.15, 0.2) is 62.8 Å². The Bertz CT molecular complexity index is 946. The molecule has 0 aliphatic carbocycles. The molecule has 1 aliphatic rings. The van der Waals surface area contributed by atoms with Gasteiger partial charge in [0.25, 0.3) is 5.91 Å². The third-order valence-electron chi connectivity index (χ3n) is 4.37. The molecule has 0 saturated carbocycles. The molecule has 0 aromatic heterocycles. The summed E-state index contributed by atoms with van der Waals surface area (Å²) < 4.78 is 6.43. The molecule has 2 aromatic rings. The number of amides is 2. The molecule has 1 N–H and O–H groups in total. The summed E-state index contributed by atoms with van der Waals surface area (Å²) in [5.74, 6) is -0.353. The number of carbonyl (C=O) groups excluding carboxylic acids is 2. The number of fused-ring (bicyclic) bond motifs is 1. The Kier molecular flexibility index (Phi) is 8.13. The maximum absolute atomic E-state index is 13.2. The number of nitrogens with zero attached hydrogens (tertiary/aromatic N) is 1. The van der Waals surface area contributed by atoms with Crippen LogP contribution in [-0.2, 0) is 14.3 Å². The van der Waals surface area contributed by atoms with Gasteiger partial charge in [-0.2, -0.15) is 0 Å². The molecule has 1 aliphatic heterocycles. The predicted octanol–water partition coefficient (Wildman–Crippen LogP) is 4.86. The molecule has 2 amide bonds. The number of hydrogen-bond donors (Lipinski definition) is 1. The van der Waals surface area contributed by atoms with Gasteiger partial charge in [-0.05, 0) is 56.2 Å². The third kappa shape index (κ3) is 6.20. The van der Waals surface area contributed by atoms with Crippen LogP contribution in [0.25, 0.3) is 6.08 Å². The van der Waals surface area contributed by atoms with Crippen LogP contribution in [0.2, 0.25) is 0 Å². The first-order valence-electron chi connectivity index (χ1n) is 9.88. The maximum Gasteiger partial charge on any atom is 0.265 e. The number of halogens is 1. The van der Waals surface area contributed by atoms with E-state index in [-0.39, 0.29) is 24.5 Å². The highest BCUT2D eigenvalue weighted by molar-refractivity contribution is 9.10. The van der Waals surface area contributed by atoms with Crippen LogP contribution >= 0.6 is 27.7 Å². The van der Waals surface area contributed by atoms with Gasteiger partial charge in [-0.25, -0.2) is 0 Å². The molecular formula is C23H25BrN2O3S. The summed E-state index contributed by atoms with van der Waals surface area (Å²) in [5, 5.41) is 2.88. The van der Waals surface area contributed by atoms with Crippen molar-refractivity contribution in [1.82, 2.24) is 5.32 Å². The lowest BCUT2D eigenvalue weighted by Crippen LogP contribution is -2.43. The van der Waals surface area contributed by atoms with Gasteiger partial charge < -0.3 is 10.1 Å². The molecular weight excluding hydrogens is 464 g/mol. The molecule has 0 fully saturated rings. The van der Waals surface area contributed by atoms with E-state index >= 15 is 0 Å². The van der Waals surface area contributed by atoms with Crippen molar-refractivity contribution in [3.63, 3.8) is 0 Å². The van der Waals surface area contributed by atoms with Gasteiger partial charge >= 0.3 is 0 Å². The lowest BCUT2D eigenvalue weighted by atomic mass is 10.2. The average molecular weight is 489 g/mol. The second-order valence-corrected chi connectivity index (χ2v) is 9.15. The van der Waals surface area contributed by atoms with Crippen molar-refractivity contribution in [2.45, 2.75) is 31.3 Å². The van der Waals surface area contributed by atoms with Crippen molar-refractivity contribution in [2.75, 3.05) is 24.6 Å².